The molecule has 0 aromatic rings. The van der Waals surface area contributed by atoms with Gasteiger partial charge in [-0.25, -0.2) is 0 Å². The fourth-order valence-electron chi connectivity index (χ4n) is 3.79. The van der Waals surface area contributed by atoms with Crippen molar-refractivity contribution >= 4 is 3.81 Å². The summed E-state index contributed by atoms with van der Waals surface area (Å²) in [4.78, 5) is 0. The Balaban J connectivity index is 0.00000220. The molecule has 0 amide bonds. The van der Waals surface area contributed by atoms with E-state index in [2.05, 4.69) is 67.5 Å². The zero-order valence-corrected chi connectivity index (χ0v) is 18.1. The van der Waals surface area contributed by atoms with E-state index in [-0.39, 0.29) is 24.8 Å². The molecule has 0 fully saturated rings. The molecule has 0 nitrogen and oxygen atoms in total. The van der Waals surface area contributed by atoms with Crippen molar-refractivity contribution in [3.8, 4) is 0 Å². The second kappa shape index (κ2) is 8.29. The first kappa shape index (κ1) is 22.1. The van der Waals surface area contributed by atoms with Crippen molar-refractivity contribution in [3.05, 3.63) is 42.2 Å². The number of hydrogen-bond donors (Lipinski definition) is 0. The third-order valence-corrected chi connectivity index (χ3v) is 10.8. The van der Waals surface area contributed by atoms with Gasteiger partial charge in [-0.2, -0.15) is 0 Å². The average molecular weight is 375 g/mol. The minimum atomic E-state index is -1.48. The smallest absolute Gasteiger partial charge is 1.00 e. The molecule has 0 N–H and O–H groups in total. The standard InChI is InChI=1S/2C8H11.C3H6.2ClH.Ti/c2*1-6-4-7(2)8(3)5-6;1-3-2;;;/h2*4,6H,1-3H3;1-2H3;2*1H;/q;;;;;+2/p-2. The molecule has 0 aromatic carbocycles. The minimum absolute atomic E-state index is 0. The predicted octanol–water partition coefficient (Wildman–Crippen LogP) is -0.435. The third-order valence-electron chi connectivity index (χ3n) is 4.94. The summed E-state index contributed by atoms with van der Waals surface area (Å²) in [5.74, 6) is 1.29. The van der Waals surface area contributed by atoms with Crippen LogP contribution in [-0.2, 0) is 17.4 Å². The summed E-state index contributed by atoms with van der Waals surface area (Å²) in [6.07, 6.45) is 4.94. The summed E-state index contributed by atoms with van der Waals surface area (Å²) in [6.45, 7) is 18.8. The Kier molecular flexibility index (Phi) is 8.34. The molecule has 0 saturated carbocycles. The molecule has 2 unspecified atom stereocenters. The van der Waals surface area contributed by atoms with Crippen molar-refractivity contribution in [1.82, 2.24) is 0 Å². The number of rotatable bonds is 2. The van der Waals surface area contributed by atoms with Gasteiger partial charge >= 0.3 is 131 Å². The Hall–Kier alpha value is 0.124. The van der Waals surface area contributed by atoms with Crippen molar-refractivity contribution in [2.24, 2.45) is 11.8 Å². The maximum Gasteiger partial charge on any atom is -1.00 e. The van der Waals surface area contributed by atoms with Crippen LogP contribution < -0.4 is 24.8 Å². The van der Waals surface area contributed by atoms with Crippen molar-refractivity contribution < 1.29 is 42.2 Å². The molecule has 0 heterocycles. The first-order valence-electron chi connectivity index (χ1n) is 7.73. The molecule has 0 radical (unpaired) electrons. The van der Waals surface area contributed by atoms with Gasteiger partial charge in [0, 0.05) is 0 Å². The van der Waals surface area contributed by atoms with Gasteiger partial charge < -0.3 is 24.8 Å². The summed E-state index contributed by atoms with van der Waals surface area (Å²) < 4.78 is 5.29. The van der Waals surface area contributed by atoms with Gasteiger partial charge in [-0.3, -0.25) is 0 Å². The fourth-order valence-corrected chi connectivity index (χ4v) is 9.39. The SMILES string of the molecule is CC1=CC(C)[C]([Ti+2]([C]2=C(C)C(C)=CC2C)=[C](C)C)=C1C.[Cl-].[Cl-]. The van der Waals surface area contributed by atoms with E-state index >= 15 is 0 Å². The van der Waals surface area contributed by atoms with Gasteiger partial charge in [0.1, 0.15) is 0 Å². The monoisotopic (exact) mass is 374 g/mol. The molecule has 122 valence electrons. The Morgan fingerprint density at radius 2 is 1.09 bits per heavy atom. The zero-order valence-electron chi connectivity index (χ0n) is 15.1. The van der Waals surface area contributed by atoms with Crippen LogP contribution in [0.3, 0.4) is 0 Å². The van der Waals surface area contributed by atoms with Crippen LogP contribution in [0.25, 0.3) is 0 Å². The zero-order chi connectivity index (χ0) is 15.2. The van der Waals surface area contributed by atoms with Crippen LogP contribution in [-0.4, -0.2) is 3.81 Å². The van der Waals surface area contributed by atoms with Gasteiger partial charge in [0.05, 0.1) is 0 Å². The van der Waals surface area contributed by atoms with Crippen LogP contribution in [0.15, 0.2) is 42.2 Å². The second-order valence-corrected chi connectivity index (χ2v) is 11.1. The van der Waals surface area contributed by atoms with Crippen molar-refractivity contribution in [3.63, 3.8) is 0 Å². The number of halogens is 2. The van der Waals surface area contributed by atoms with Crippen molar-refractivity contribution in [2.75, 3.05) is 0 Å². The second-order valence-electron chi connectivity index (χ2n) is 6.73. The quantitative estimate of drug-likeness (QED) is 0.575. The Bertz CT molecular complexity index is 563. The summed E-state index contributed by atoms with van der Waals surface area (Å²) in [5, 5.41) is 0. The maximum absolute atomic E-state index is 2.47. The Morgan fingerprint density at radius 1 is 0.773 bits per heavy atom. The van der Waals surface area contributed by atoms with Crippen LogP contribution in [0, 0.1) is 11.8 Å². The fraction of sp³-hybridized carbons (Fsp3) is 0.526. The van der Waals surface area contributed by atoms with Gasteiger partial charge in [-0.1, -0.05) is 0 Å². The van der Waals surface area contributed by atoms with Gasteiger partial charge in [-0.05, 0) is 0 Å². The molecule has 2 rings (SSSR count). The largest absolute Gasteiger partial charge is 1.00 e. The normalized spacial score (nSPS) is 23.4. The van der Waals surface area contributed by atoms with E-state index < -0.39 is 17.4 Å². The summed E-state index contributed by atoms with van der Waals surface area (Å²) in [7, 11) is 0. The molecule has 0 aromatic heterocycles. The van der Waals surface area contributed by atoms with Crippen LogP contribution in [0.4, 0.5) is 0 Å². The average Bonchev–Trinajstić information content (AvgIpc) is 2.72. The van der Waals surface area contributed by atoms with Crippen LogP contribution >= 0.6 is 0 Å². The van der Waals surface area contributed by atoms with Crippen LogP contribution in [0.2, 0.25) is 0 Å². The molecule has 2 aliphatic rings. The Morgan fingerprint density at radius 3 is 1.27 bits per heavy atom. The first-order valence-corrected chi connectivity index (χ1v) is 10.1. The van der Waals surface area contributed by atoms with E-state index in [0.29, 0.717) is 11.8 Å². The molecule has 2 aliphatic carbocycles. The molecule has 0 bridgehead atoms. The predicted molar refractivity (Wildman–Crippen MR) is 87.6 cm³/mol. The van der Waals surface area contributed by atoms with E-state index in [1.807, 2.05) is 0 Å². The summed E-state index contributed by atoms with van der Waals surface area (Å²) in [5.41, 5.74) is 6.19. The molecule has 3 heteroatoms. The van der Waals surface area contributed by atoms with Gasteiger partial charge in [-0.15, -0.1) is 0 Å². The molecule has 0 spiro atoms. The molecule has 0 saturated heterocycles. The van der Waals surface area contributed by atoms with E-state index in [0.717, 1.165) is 0 Å². The van der Waals surface area contributed by atoms with E-state index in [9.17, 15) is 0 Å². The van der Waals surface area contributed by atoms with E-state index in [4.69, 9.17) is 0 Å². The van der Waals surface area contributed by atoms with Gasteiger partial charge in [0.25, 0.3) is 0 Å². The summed E-state index contributed by atoms with van der Waals surface area (Å²) in [6, 6.07) is 0. The molecular formula is C19H28Cl2Ti. The molecular weight excluding hydrogens is 347 g/mol. The number of allylic oxidation sites excluding steroid dienone is 8. The third kappa shape index (κ3) is 3.78. The van der Waals surface area contributed by atoms with Crippen molar-refractivity contribution in [1.29, 1.82) is 0 Å². The molecule has 2 atom stereocenters. The van der Waals surface area contributed by atoms with E-state index in [1.54, 1.807) is 22.7 Å². The van der Waals surface area contributed by atoms with Crippen LogP contribution in [0.1, 0.15) is 55.4 Å². The Labute approximate surface area is 155 Å². The first-order chi connectivity index (χ1) is 9.25. The maximum atomic E-state index is 2.47. The summed E-state index contributed by atoms with van der Waals surface area (Å²) >= 11 is -1.48. The van der Waals surface area contributed by atoms with E-state index in [1.165, 1.54) is 11.1 Å². The topological polar surface area (TPSA) is 0 Å². The number of hydrogen-bond acceptors (Lipinski definition) is 0. The van der Waals surface area contributed by atoms with Gasteiger partial charge in [0.2, 0.25) is 0 Å². The molecule has 0 aliphatic heterocycles. The minimum Gasteiger partial charge on any atom is -1.00 e. The van der Waals surface area contributed by atoms with Gasteiger partial charge in [0.15, 0.2) is 0 Å². The molecule has 22 heavy (non-hydrogen) atoms. The van der Waals surface area contributed by atoms with Crippen molar-refractivity contribution in [2.45, 2.75) is 55.4 Å². The van der Waals surface area contributed by atoms with Crippen LogP contribution in [0.5, 0.6) is 0 Å².